The number of carbonyl (C=O) groups excluding carboxylic acids is 2. The molecular formula is C23H23N3O5. The predicted octanol–water partition coefficient (Wildman–Crippen LogP) is 2.69. The van der Waals surface area contributed by atoms with Crippen molar-refractivity contribution in [2.75, 3.05) is 20.3 Å². The second-order valence-electron chi connectivity index (χ2n) is 6.44. The lowest BCUT2D eigenvalue weighted by Gasteiger charge is -2.09. The molecule has 3 rings (SSSR count). The van der Waals surface area contributed by atoms with Gasteiger partial charge >= 0.3 is 0 Å². The lowest BCUT2D eigenvalue weighted by Crippen LogP contribution is -2.38. The van der Waals surface area contributed by atoms with Crippen LogP contribution in [0.25, 0.3) is 0 Å². The number of hydrogen-bond acceptors (Lipinski definition) is 6. The van der Waals surface area contributed by atoms with Gasteiger partial charge in [-0.05, 0) is 29.8 Å². The molecule has 0 aliphatic rings. The summed E-state index contributed by atoms with van der Waals surface area (Å²) >= 11 is 0. The molecule has 1 heterocycles. The van der Waals surface area contributed by atoms with E-state index in [1.54, 1.807) is 49.7 Å². The monoisotopic (exact) mass is 421 g/mol. The van der Waals surface area contributed by atoms with Crippen molar-refractivity contribution in [3.05, 3.63) is 78.5 Å². The molecule has 0 unspecified atom stereocenters. The van der Waals surface area contributed by atoms with Crippen LogP contribution in [0.15, 0.2) is 72.9 Å². The second kappa shape index (κ2) is 11.2. The van der Waals surface area contributed by atoms with Crippen molar-refractivity contribution in [3.8, 4) is 23.1 Å². The van der Waals surface area contributed by atoms with E-state index in [2.05, 4.69) is 15.6 Å². The highest BCUT2D eigenvalue weighted by Gasteiger charge is 2.07. The lowest BCUT2D eigenvalue weighted by atomic mass is 10.3. The number of para-hydroxylation sites is 1. The first-order valence-corrected chi connectivity index (χ1v) is 9.60. The number of aromatic nitrogens is 1. The zero-order valence-corrected chi connectivity index (χ0v) is 17.0. The molecule has 2 amide bonds. The molecule has 0 saturated heterocycles. The fourth-order valence-electron chi connectivity index (χ4n) is 2.52. The van der Waals surface area contributed by atoms with Crippen LogP contribution in [0, 0.1) is 0 Å². The molecular weight excluding hydrogens is 398 g/mol. The van der Waals surface area contributed by atoms with E-state index in [0.29, 0.717) is 23.1 Å². The summed E-state index contributed by atoms with van der Waals surface area (Å²) in [6, 6.07) is 19.7. The van der Waals surface area contributed by atoms with E-state index in [9.17, 15) is 9.59 Å². The molecule has 0 fully saturated rings. The third kappa shape index (κ3) is 7.36. The van der Waals surface area contributed by atoms with Crippen LogP contribution in [0.3, 0.4) is 0 Å². The number of pyridine rings is 1. The maximum absolute atomic E-state index is 11.9. The molecule has 1 aromatic heterocycles. The van der Waals surface area contributed by atoms with Gasteiger partial charge in [-0.1, -0.05) is 30.3 Å². The molecule has 2 aromatic carbocycles. The molecule has 8 heteroatoms. The van der Waals surface area contributed by atoms with Crippen LogP contribution < -0.4 is 24.8 Å². The van der Waals surface area contributed by atoms with Gasteiger partial charge in [0.1, 0.15) is 17.2 Å². The Morgan fingerprint density at radius 2 is 1.65 bits per heavy atom. The smallest absolute Gasteiger partial charge is 0.258 e. The summed E-state index contributed by atoms with van der Waals surface area (Å²) in [6.45, 7) is -0.0148. The highest BCUT2D eigenvalue weighted by molar-refractivity contribution is 5.85. The Balaban J connectivity index is 1.37. The predicted molar refractivity (Wildman–Crippen MR) is 114 cm³/mol. The zero-order valence-electron chi connectivity index (χ0n) is 17.0. The van der Waals surface area contributed by atoms with Gasteiger partial charge < -0.3 is 24.8 Å². The number of carbonyl (C=O) groups is 2. The maximum Gasteiger partial charge on any atom is 0.258 e. The first-order chi connectivity index (χ1) is 15.1. The minimum absolute atomic E-state index is 0.137. The molecule has 0 spiro atoms. The Bertz CT molecular complexity index is 994. The highest BCUT2D eigenvalue weighted by atomic mass is 16.5. The summed E-state index contributed by atoms with van der Waals surface area (Å²) in [5.74, 6) is 1.63. The number of ether oxygens (including phenoxy) is 3. The Hall–Kier alpha value is -4.07. The molecule has 2 N–H and O–H groups in total. The van der Waals surface area contributed by atoms with Crippen LogP contribution in [-0.2, 0) is 16.1 Å². The molecule has 0 bridgehead atoms. The van der Waals surface area contributed by atoms with Crippen molar-refractivity contribution < 1.29 is 23.8 Å². The standard InChI is InChI=1S/C23H23N3O5/c1-29-19-8-5-9-20(12-19)31-23-11-10-17(14-26-23)13-24-21(27)15-25-22(28)16-30-18-6-3-2-4-7-18/h2-12,14H,13,15-16H2,1H3,(H,24,27)(H,25,28). The number of benzene rings is 2. The van der Waals surface area contributed by atoms with Gasteiger partial charge in [-0.15, -0.1) is 0 Å². The Morgan fingerprint density at radius 1 is 0.871 bits per heavy atom. The Labute approximate surface area is 180 Å². The summed E-state index contributed by atoms with van der Waals surface area (Å²) in [4.78, 5) is 27.9. The topological polar surface area (TPSA) is 98.8 Å². The first kappa shape index (κ1) is 21.6. The average Bonchev–Trinajstić information content (AvgIpc) is 2.81. The molecule has 0 radical (unpaired) electrons. The van der Waals surface area contributed by atoms with E-state index in [1.807, 2.05) is 30.3 Å². The molecule has 0 aliphatic heterocycles. The summed E-state index contributed by atoms with van der Waals surface area (Å²) in [5.41, 5.74) is 0.796. The van der Waals surface area contributed by atoms with Gasteiger partial charge in [-0.3, -0.25) is 9.59 Å². The van der Waals surface area contributed by atoms with Gasteiger partial charge in [-0.2, -0.15) is 0 Å². The summed E-state index contributed by atoms with van der Waals surface area (Å²) < 4.78 is 16.2. The second-order valence-corrected chi connectivity index (χ2v) is 6.44. The Morgan fingerprint density at radius 3 is 2.39 bits per heavy atom. The number of methoxy groups -OCH3 is 1. The van der Waals surface area contributed by atoms with E-state index in [0.717, 1.165) is 5.56 Å². The third-order valence-corrected chi connectivity index (χ3v) is 4.11. The molecule has 0 aliphatic carbocycles. The number of nitrogens with zero attached hydrogens (tertiary/aromatic N) is 1. The average molecular weight is 421 g/mol. The van der Waals surface area contributed by atoms with Crippen molar-refractivity contribution in [2.45, 2.75) is 6.54 Å². The van der Waals surface area contributed by atoms with Crippen molar-refractivity contribution in [3.63, 3.8) is 0 Å². The van der Waals surface area contributed by atoms with E-state index in [1.165, 1.54) is 0 Å². The molecule has 3 aromatic rings. The van der Waals surface area contributed by atoms with Crippen LogP contribution in [0.2, 0.25) is 0 Å². The number of nitrogens with one attached hydrogen (secondary N) is 2. The quantitative estimate of drug-likeness (QED) is 0.522. The van der Waals surface area contributed by atoms with Gasteiger partial charge in [-0.25, -0.2) is 4.98 Å². The van der Waals surface area contributed by atoms with Crippen molar-refractivity contribution in [2.24, 2.45) is 0 Å². The van der Waals surface area contributed by atoms with Crippen LogP contribution in [0.5, 0.6) is 23.1 Å². The highest BCUT2D eigenvalue weighted by Crippen LogP contribution is 2.23. The zero-order chi connectivity index (χ0) is 21.9. The number of amides is 2. The van der Waals surface area contributed by atoms with E-state index < -0.39 is 0 Å². The summed E-state index contributed by atoms with van der Waals surface area (Å²) in [7, 11) is 1.59. The molecule has 160 valence electrons. The van der Waals surface area contributed by atoms with Gasteiger partial charge in [0.25, 0.3) is 5.91 Å². The van der Waals surface area contributed by atoms with E-state index >= 15 is 0 Å². The van der Waals surface area contributed by atoms with Crippen LogP contribution in [0.1, 0.15) is 5.56 Å². The fourth-order valence-corrected chi connectivity index (χ4v) is 2.52. The van der Waals surface area contributed by atoms with Crippen molar-refractivity contribution in [1.29, 1.82) is 0 Å². The van der Waals surface area contributed by atoms with Gasteiger partial charge in [0, 0.05) is 24.9 Å². The van der Waals surface area contributed by atoms with Gasteiger partial charge in [0.15, 0.2) is 6.61 Å². The van der Waals surface area contributed by atoms with Crippen LogP contribution in [0.4, 0.5) is 0 Å². The van der Waals surface area contributed by atoms with Crippen LogP contribution >= 0.6 is 0 Å². The molecule has 0 saturated carbocycles. The summed E-state index contributed by atoms with van der Waals surface area (Å²) in [5, 5.41) is 5.23. The molecule has 0 atom stereocenters. The van der Waals surface area contributed by atoms with E-state index in [4.69, 9.17) is 14.2 Å². The molecule has 8 nitrogen and oxygen atoms in total. The third-order valence-electron chi connectivity index (χ3n) is 4.11. The SMILES string of the molecule is COc1cccc(Oc2ccc(CNC(=O)CNC(=O)COc3ccccc3)cn2)c1. The van der Waals surface area contributed by atoms with Gasteiger partial charge in [0.05, 0.1) is 13.7 Å². The van der Waals surface area contributed by atoms with Crippen molar-refractivity contribution >= 4 is 11.8 Å². The maximum atomic E-state index is 11.9. The fraction of sp³-hybridized carbons (Fsp3) is 0.174. The van der Waals surface area contributed by atoms with Crippen molar-refractivity contribution in [1.82, 2.24) is 15.6 Å². The number of rotatable bonds is 10. The van der Waals surface area contributed by atoms with Crippen LogP contribution in [-0.4, -0.2) is 37.1 Å². The van der Waals surface area contributed by atoms with Gasteiger partial charge in [0.2, 0.25) is 11.8 Å². The minimum Gasteiger partial charge on any atom is -0.497 e. The van der Waals surface area contributed by atoms with E-state index in [-0.39, 0.29) is 31.5 Å². The number of hydrogen-bond donors (Lipinski definition) is 2. The normalized spacial score (nSPS) is 10.1. The largest absolute Gasteiger partial charge is 0.497 e. The molecule has 31 heavy (non-hydrogen) atoms. The minimum atomic E-state index is -0.375. The first-order valence-electron chi connectivity index (χ1n) is 9.60. The summed E-state index contributed by atoms with van der Waals surface area (Å²) in [6.07, 6.45) is 1.61. The Kier molecular flexibility index (Phi) is 7.82. The lowest BCUT2D eigenvalue weighted by molar-refractivity contribution is -0.127.